The minimum Gasteiger partial charge on any atom is -0.504 e. The molecule has 6 heteroatoms. The number of ether oxygens (including phenoxy) is 2. The minimum absolute atomic E-state index is 0.0596. The lowest BCUT2D eigenvalue weighted by molar-refractivity contribution is 0.0955. The van der Waals surface area contributed by atoms with Gasteiger partial charge in [0.1, 0.15) is 5.75 Å². The maximum Gasteiger partial charge on any atom is 0.271 e. The zero-order chi connectivity index (χ0) is 16.7. The van der Waals surface area contributed by atoms with Crippen LogP contribution in [0.4, 0.5) is 0 Å². The van der Waals surface area contributed by atoms with Crippen molar-refractivity contribution in [2.45, 2.75) is 6.92 Å². The summed E-state index contributed by atoms with van der Waals surface area (Å²) in [5.41, 5.74) is 3.57. The predicted molar refractivity (Wildman–Crippen MR) is 87.3 cm³/mol. The molecule has 2 rings (SSSR count). The highest BCUT2D eigenvalue weighted by molar-refractivity contribution is 5.95. The lowest BCUT2D eigenvalue weighted by Gasteiger charge is -2.06. The van der Waals surface area contributed by atoms with Gasteiger partial charge in [0.25, 0.3) is 5.91 Å². The Labute approximate surface area is 134 Å². The molecule has 0 fully saturated rings. The number of amides is 1. The highest BCUT2D eigenvalue weighted by Crippen LogP contribution is 2.26. The zero-order valence-electron chi connectivity index (χ0n) is 12.9. The van der Waals surface area contributed by atoms with Gasteiger partial charge in [-0.05, 0) is 48.9 Å². The maximum absolute atomic E-state index is 12.0. The van der Waals surface area contributed by atoms with E-state index in [-0.39, 0.29) is 11.7 Å². The summed E-state index contributed by atoms with van der Waals surface area (Å²) in [5, 5.41) is 13.5. The third-order valence-electron chi connectivity index (χ3n) is 3.00. The van der Waals surface area contributed by atoms with Crippen molar-refractivity contribution in [3.63, 3.8) is 0 Å². The van der Waals surface area contributed by atoms with Gasteiger partial charge in [0.2, 0.25) is 0 Å². The Hall–Kier alpha value is -3.02. The van der Waals surface area contributed by atoms with Crippen molar-refractivity contribution in [3.8, 4) is 17.2 Å². The van der Waals surface area contributed by atoms with Crippen molar-refractivity contribution in [1.29, 1.82) is 0 Å². The Balaban J connectivity index is 2.03. The fourth-order valence-electron chi connectivity index (χ4n) is 1.88. The number of phenolic OH excluding ortho intramolecular Hbond substituents is 1. The molecule has 0 radical (unpaired) electrons. The van der Waals surface area contributed by atoms with Crippen molar-refractivity contribution in [2.24, 2.45) is 5.10 Å². The molecule has 2 aromatic rings. The summed E-state index contributed by atoms with van der Waals surface area (Å²) in [6, 6.07) is 11.6. The molecule has 0 saturated carbocycles. The summed E-state index contributed by atoms with van der Waals surface area (Å²) in [4.78, 5) is 12.0. The molecule has 0 aliphatic heterocycles. The molecule has 0 aromatic heterocycles. The number of aromatic hydroxyl groups is 1. The summed E-state index contributed by atoms with van der Waals surface area (Å²) < 4.78 is 10.4. The number of hydrazone groups is 1. The number of methoxy groups -OCH3 is 1. The first-order valence-corrected chi connectivity index (χ1v) is 7.07. The lowest BCUT2D eigenvalue weighted by Crippen LogP contribution is -2.17. The Kier molecular flexibility index (Phi) is 5.57. The Morgan fingerprint density at radius 1 is 1.30 bits per heavy atom. The topological polar surface area (TPSA) is 80.2 Å². The molecule has 0 aliphatic carbocycles. The van der Waals surface area contributed by atoms with Crippen LogP contribution in [0.15, 0.2) is 47.6 Å². The Morgan fingerprint density at radius 3 is 2.87 bits per heavy atom. The fraction of sp³-hybridized carbons (Fsp3) is 0.176. The van der Waals surface area contributed by atoms with E-state index in [0.29, 0.717) is 29.2 Å². The van der Waals surface area contributed by atoms with Gasteiger partial charge in [0, 0.05) is 5.56 Å². The van der Waals surface area contributed by atoms with Crippen LogP contribution in [0.5, 0.6) is 17.2 Å². The molecule has 0 spiro atoms. The average molecular weight is 314 g/mol. The van der Waals surface area contributed by atoms with Gasteiger partial charge in [0.15, 0.2) is 11.5 Å². The van der Waals surface area contributed by atoms with E-state index in [1.807, 2.05) is 6.92 Å². The number of nitrogens with zero attached hydrogens (tertiary/aromatic N) is 1. The molecule has 1 amide bonds. The Bertz CT molecular complexity index is 713. The molecule has 23 heavy (non-hydrogen) atoms. The van der Waals surface area contributed by atoms with E-state index in [1.54, 1.807) is 36.4 Å². The molecule has 0 bridgehead atoms. The van der Waals surface area contributed by atoms with E-state index in [2.05, 4.69) is 10.5 Å². The van der Waals surface area contributed by atoms with Crippen molar-refractivity contribution < 1.29 is 19.4 Å². The van der Waals surface area contributed by atoms with Gasteiger partial charge in [-0.1, -0.05) is 6.07 Å². The second-order valence-corrected chi connectivity index (χ2v) is 4.59. The molecular formula is C17H18N2O4. The van der Waals surface area contributed by atoms with Crippen molar-refractivity contribution >= 4 is 12.1 Å². The predicted octanol–water partition coefficient (Wildman–Crippen LogP) is 2.56. The van der Waals surface area contributed by atoms with Crippen LogP contribution >= 0.6 is 0 Å². The third-order valence-corrected chi connectivity index (χ3v) is 3.00. The SMILES string of the molecule is CCOc1cc(/C=N/NC(=O)c2cccc(OC)c2)ccc1O. The summed E-state index contributed by atoms with van der Waals surface area (Å²) in [6.45, 7) is 2.27. The van der Waals surface area contributed by atoms with Gasteiger partial charge in [-0.2, -0.15) is 5.10 Å². The van der Waals surface area contributed by atoms with Crippen molar-refractivity contribution in [1.82, 2.24) is 5.43 Å². The lowest BCUT2D eigenvalue weighted by atomic mass is 10.2. The van der Waals surface area contributed by atoms with Gasteiger partial charge in [-0.3, -0.25) is 4.79 Å². The molecule has 0 heterocycles. The molecule has 0 saturated heterocycles. The smallest absolute Gasteiger partial charge is 0.271 e. The molecule has 2 N–H and O–H groups in total. The number of carbonyl (C=O) groups is 1. The molecule has 2 aromatic carbocycles. The van der Waals surface area contributed by atoms with Crippen molar-refractivity contribution in [3.05, 3.63) is 53.6 Å². The van der Waals surface area contributed by atoms with Crippen LogP contribution in [0.1, 0.15) is 22.8 Å². The molecule has 0 unspecified atom stereocenters. The molecule has 6 nitrogen and oxygen atoms in total. The van der Waals surface area contributed by atoms with E-state index < -0.39 is 0 Å². The maximum atomic E-state index is 12.0. The largest absolute Gasteiger partial charge is 0.504 e. The number of hydrogen-bond acceptors (Lipinski definition) is 5. The fourth-order valence-corrected chi connectivity index (χ4v) is 1.88. The highest BCUT2D eigenvalue weighted by atomic mass is 16.5. The van der Waals surface area contributed by atoms with Crippen molar-refractivity contribution in [2.75, 3.05) is 13.7 Å². The Morgan fingerprint density at radius 2 is 2.13 bits per heavy atom. The van der Waals surface area contributed by atoms with Gasteiger partial charge in [0.05, 0.1) is 19.9 Å². The summed E-state index contributed by atoms with van der Waals surface area (Å²) >= 11 is 0. The normalized spacial score (nSPS) is 10.5. The average Bonchev–Trinajstić information content (AvgIpc) is 2.58. The monoisotopic (exact) mass is 314 g/mol. The number of hydrogen-bond donors (Lipinski definition) is 2. The number of phenols is 1. The summed E-state index contributed by atoms with van der Waals surface area (Å²) in [6.07, 6.45) is 1.47. The van der Waals surface area contributed by atoms with Crippen LogP contribution in [-0.4, -0.2) is 30.9 Å². The molecule has 120 valence electrons. The molecule has 0 atom stereocenters. The second-order valence-electron chi connectivity index (χ2n) is 4.59. The van der Waals surface area contributed by atoms with E-state index in [1.165, 1.54) is 19.4 Å². The third kappa shape index (κ3) is 4.47. The summed E-state index contributed by atoms with van der Waals surface area (Å²) in [7, 11) is 1.54. The van der Waals surface area contributed by atoms with Gasteiger partial charge in [-0.25, -0.2) is 5.43 Å². The first-order chi connectivity index (χ1) is 11.1. The summed E-state index contributed by atoms with van der Waals surface area (Å²) in [5.74, 6) is 0.686. The van der Waals surface area contributed by atoms with E-state index in [4.69, 9.17) is 9.47 Å². The zero-order valence-corrected chi connectivity index (χ0v) is 12.9. The van der Waals surface area contributed by atoms with E-state index in [9.17, 15) is 9.90 Å². The number of rotatable bonds is 6. The van der Waals surface area contributed by atoms with E-state index in [0.717, 1.165) is 0 Å². The van der Waals surface area contributed by atoms with E-state index >= 15 is 0 Å². The van der Waals surface area contributed by atoms with Gasteiger partial charge >= 0.3 is 0 Å². The van der Waals surface area contributed by atoms with Crippen LogP contribution < -0.4 is 14.9 Å². The standard InChI is InChI=1S/C17H18N2O4/c1-3-23-16-9-12(7-8-15(16)20)11-18-19-17(21)13-5-4-6-14(10-13)22-2/h4-11,20H,3H2,1-2H3,(H,19,21)/b18-11+. The second kappa shape index (κ2) is 7.84. The first-order valence-electron chi connectivity index (χ1n) is 7.07. The van der Waals surface area contributed by atoms with Crippen LogP contribution in [-0.2, 0) is 0 Å². The van der Waals surface area contributed by atoms with Crippen LogP contribution in [0.3, 0.4) is 0 Å². The first kappa shape index (κ1) is 16.4. The van der Waals surface area contributed by atoms with Gasteiger partial charge < -0.3 is 14.6 Å². The van der Waals surface area contributed by atoms with Crippen LogP contribution in [0.25, 0.3) is 0 Å². The van der Waals surface area contributed by atoms with Crippen LogP contribution in [0.2, 0.25) is 0 Å². The quantitative estimate of drug-likeness (QED) is 0.634. The number of nitrogens with one attached hydrogen (secondary N) is 1. The van der Waals surface area contributed by atoms with Crippen LogP contribution in [0, 0.1) is 0 Å². The number of carbonyl (C=O) groups excluding carboxylic acids is 1. The minimum atomic E-state index is -0.344. The van der Waals surface area contributed by atoms with Gasteiger partial charge in [-0.15, -0.1) is 0 Å². The number of benzene rings is 2. The highest BCUT2D eigenvalue weighted by Gasteiger charge is 2.05. The molecular weight excluding hydrogens is 296 g/mol. The molecule has 0 aliphatic rings.